The molecule has 0 spiro atoms. The maximum absolute atomic E-state index is 11.2. The molecule has 2 N–H and O–H groups in total. The van der Waals surface area contributed by atoms with Crippen LogP contribution in [-0.4, -0.2) is 57.0 Å². The number of nitrogens with one attached hydrogen (secondary N) is 1. The predicted octanol–water partition coefficient (Wildman–Crippen LogP) is 3.22. The fourth-order valence-electron chi connectivity index (χ4n) is 3.27. The summed E-state index contributed by atoms with van der Waals surface area (Å²) in [6, 6.07) is 7.56. The second kappa shape index (κ2) is 8.27. The molecule has 30 heavy (non-hydrogen) atoms. The molecule has 9 nitrogen and oxygen atoms in total. The van der Waals surface area contributed by atoms with Crippen LogP contribution < -0.4 is 4.90 Å². The Morgan fingerprint density at radius 2 is 2.03 bits per heavy atom. The van der Waals surface area contributed by atoms with Crippen LogP contribution in [0.1, 0.15) is 26.7 Å². The zero-order chi connectivity index (χ0) is 21.1. The summed E-state index contributed by atoms with van der Waals surface area (Å²) in [4.78, 5) is 21.1. The summed E-state index contributed by atoms with van der Waals surface area (Å²) in [5, 5.41) is 17.5. The lowest BCUT2D eigenvalue weighted by molar-refractivity contribution is -0.152. The average molecular weight is 411 g/mol. The van der Waals surface area contributed by atoms with E-state index in [4.69, 9.17) is 9.15 Å². The van der Waals surface area contributed by atoms with Gasteiger partial charge in [-0.25, -0.2) is 4.98 Å². The van der Waals surface area contributed by atoms with E-state index in [0.29, 0.717) is 17.4 Å². The van der Waals surface area contributed by atoms with E-state index in [0.717, 1.165) is 37.3 Å². The van der Waals surface area contributed by atoms with Gasteiger partial charge in [-0.1, -0.05) is 0 Å². The highest BCUT2D eigenvalue weighted by molar-refractivity contribution is 5.73. The lowest BCUT2D eigenvalue weighted by Gasteiger charge is -2.34. The summed E-state index contributed by atoms with van der Waals surface area (Å²) >= 11 is 0. The van der Waals surface area contributed by atoms with Gasteiger partial charge in [-0.05, 0) is 51.0 Å². The van der Waals surface area contributed by atoms with Crippen LogP contribution in [0.4, 0.5) is 5.82 Å². The van der Waals surface area contributed by atoms with Gasteiger partial charge in [0.2, 0.25) is 0 Å². The Bertz CT molecular complexity index is 973. The second-order valence-electron chi connectivity index (χ2n) is 8.09. The molecule has 1 saturated heterocycles. The number of aromatic nitrogens is 4. The van der Waals surface area contributed by atoms with Gasteiger partial charge in [0.15, 0.2) is 17.4 Å². The Labute approximate surface area is 174 Å². The quantitative estimate of drug-likeness (QED) is 0.608. The summed E-state index contributed by atoms with van der Waals surface area (Å²) in [6.07, 6.45) is 5.13. The first-order valence-corrected chi connectivity index (χ1v) is 9.95. The van der Waals surface area contributed by atoms with Gasteiger partial charge in [0, 0.05) is 24.8 Å². The van der Waals surface area contributed by atoms with Crippen LogP contribution in [0.2, 0.25) is 0 Å². The van der Waals surface area contributed by atoms with E-state index in [9.17, 15) is 9.90 Å². The monoisotopic (exact) mass is 411 g/mol. The van der Waals surface area contributed by atoms with Gasteiger partial charge < -0.3 is 24.1 Å². The Kier molecular flexibility index (Phi) is 5.54. The van der Waals surface area contributed by atoms with Crippen molar-refractivity contribution in [2.24, 2.45) is 5.41 Å². The number of aliphatic carboxylic acids is 1. The molecule has 4 heterocycles. The average Bonchev–Trinajstić information content (AvgIpc) is 3.45. The SMILES string of the molecule is CC(C)(COC1CCN(c2ccc(-c3nnc(-c4ccco4)[nH]3)cn2)CC1)C(=O)O. The number of carbonyl (C=O) groups is 1. The van der Waals surface area contributed by atoms with E-state index in [1.165, 1.54) is 0 Å². The molecule has 0 radical (unpaired) electrons. The highest BCUT2D eigenvalue weighted by atomic mass is 16.5. The number of hydrogen-bond acceptors (Lipinski definition) is 7. The normalized spacial score (nSPS) is 15.5. The van der Waals surface area contributed by atoms with Gasteiger partial charge in [0.25, 0.3) is 0 Å². The summed E-state index contributed by atoms with van der Waals surface area (Å²) in [5.74, 6) is 1.90. The molecule has 0 unspecified atom stereocenters. The molecule has 0 saturated carbocycles. The van der Waals surface area contributed by atoms with Crippen LogP contribution in [0.15, 0.2) is 41.1 Å². The van der Waals surface area contributed by atoms with E-state index in [1.807, 2.05) is 18.2 Å². The van der Waals surface area contributed by atoms with E-state index in [2.05, 4.69) is 25.1 Å². The van der Waals surface area contributed by atoms with Crippen LogP contribution in [0, 0.1) is 5.41 Å². The smallest absolute Gasteiger partial charge is 0.311 e. The topological polar surface area (TPSA) is 117 Å². The third-order valence-electron chi connectivity index (χ3n) is 5.29. The molecule has 158 valence electrons. The highest BCUT2D eigenvalue weighted by Crippen LogP contribution is 2.25. The molecule has 0 aliphatic carbocycles. The van der Waals surface area contributed by atoms with Crippen molar-refractivity contribution in [2.45, 2.75) is 32.8 Å². The number of carboxylic acid groups (broad SMARTS) is 1. The van der Waals surface area contributed by atoms with Crippen molar-refractivity contribution in [1.29, 1.82) is 0 Å². The number of piperidine rings is 1. The van der Waals surface area contributed by atoms with Crippen molar-refractivity contribution in [1.82, 2.24) is 20.2 Å². The number of nitrogens with zero attached hydrogens (tertiary/aromatic N) is 4. The zero-order valence-electron chi connectivity index (χ0n) is 17.0. The maximum atomic E-state index is 11.2. The number of hydrogen-bond donors (Lipinski definition) is 2. The molecular formula is C21H25N5O4. The summed E-state index contributed by atoms with van der Waals surface area (Å²) < 4.78 is 11.2. The van der Waals surface area contributed by atoms with Crippen molar-refractivity contribution in [2.75, 3.05) is 24.6 Å². The Morgan fingerprint density at radius 3 is 2.67 bits per heavy atom. The fourth-order valence-corrected chi connectivity index (χ4v) is 3.27. The van der Waals surface area contributed by atoms with Crippen molar-refractivity contribution in [3.8, 4) is 23.0 Å². The van der Waals surface area contributed by atoms with E-state index < -0.39 is 11.4 Å². The first-order chi connectivity index (χ1) is 14.4. The number of pyridine rings is 1. The minimum absolute atomic E-state index is 0.0772. The number of aromatic amines is 1. The summed E-state index contributed by atoms with van der Waals surface area (Å²) in [7, 11) is 0. The fraction of sp³-hybridized carbons (Fsp3) is 0.429. The van der Waals surface area contributed by atoms with Gasteiger partial charge in [-0.3, -0.25) is 4.79 Å². The lowest BCUT2D eigenvalue weighted by atomic mass is 9.95. The van der Waals surface area contributed by atoms with Gasteiger partial charge in [0.05, 0.1) is 24.4 Å². The summed E-state index contributed by atoms with van der Waals surface area (Å²) in [5.41, 5.74) is -0.0235. The Balaban J connectivity index is 1.33. The molecule has 0 amide bonds. The number of anilines is 1. The van der Waals surface area contributed by atoms with E-state index in [-0.39, 0.29) is 12.7 Å². The molecule has 3 aromatic rings. The molecule has 4 rings (SSSR count). The van der Waals surface area contributed by atoms with Crippen LogP contribution in [0.3, 0.4) is 0 Å². The van der Waals surface area contributed by atoms with Crippen LogP contribution >= 0.6 is 0 Å². The number of H-pyrrole nitrogens is 1. The third-order valence-corrected chi connectivity index (χ3v) is 5.29. The molecule has 0 bridgehead atoms. The minimum atomic E-state index is -0.869. The number of carboxylic acids is 1. The van der Waals surface area contributed by atoms with Crippen LogP contribution in [0.5, 0.6) is 0 Å². The third kappa shape index (κ3) is 4.35. The first-order valence-electron chi connectivity index (χ1n) is 9.95. The van der Waals surface area contributed by atoms with E-state index >= 15 is 0 Å². The molecule has 1 aliphatic heterocycles. The maximum Gasteiger partial charge on any atom is 0.311 e. The second-order valence-corrected chi connectivity index (χ2v) is 8.09. The largest absolute Gasteiger partial charge is 0.481 e. The van der Waals surface area contributed by atoms with Gasteiger partial charge >= 0.3 is 5.97 Å². The first kappa shape index (κ1) is 20.1. The zero-order valence-corrected chi connectivity index (χ0v) is 17.0. The molecular weight excluding hydrogens is 386 g/mol. The van der Waals surface area contributed by atoms with Crippen molar-refractivity contribution < 1.29 is 19.1 Å². The molecule has 3 aromatic heterocycles. The van der Waals surface area contributed by atoms with Crippen molar-refractivity contribution in [3.05, 3.63) is 36.7 Å². The van der Waals surface area contributed by atoms with Gasteiger partial charge in [0.1, 0.15) is 5.82 Å². The molecule has 9 heteroatoms. The lowest BCUT2D eigenvalue weighted by Crippen LogP contribution is -2.39. The Morgan fingerprint density at radius 1 is 1.27 bits per heavy atom. The minimum Gasteiger partial charge on any atom is -0.481 e. The van der Waals surface area contributed by atoms with E-state index in [1.54, 1.807) is 32.4 Å². The number of furan rings is 1. The highest BCUT2D eigenvalue weighted by Gasteiger charge is 2.30. The predicted molar refractivity (Wildman–Crippen MR) is 110 cm³/mol. The van der Waals surface area contributed by atoms with Crippen LogP contribution in [0.25, 0.3) is 23.0 Å². The standard InChI is InChI=1S/C21H25N5O4/c1-21(2,20(27)28)13-30-15-7-9-26(10-8-15)17-6-5-14(12-22-17)18-23-19(25-24-18)16-4-3-11-29-16/h3-6,11-12,15H,7-10,13H2,1-2H3,(H,27,28)(H,23,24,25). The summed E-state index contributed by atoms with van der Waals surface area (Å²) in [6.45, 7) is 5.21. The van der Waals surface area contributed by atoms with Gasteiger partial charge in [-0.15, -0.1) is 10.2 Å². The van der Waals surface area contributed by atoms with Crippen molar-refractivity contribution >= 4 is 11.8 Å². The molecule has 1 aliphatic rings. The number of ether oxygens (including phenoxy) is 1. The molecule has 0 atom stereocenters. The molecule has 0 aromatic carbocycles. The molecule has 1 fully saturated rings. The Hall–Kier alpha value is -3.20. The van der Waals surface area contributed by atoms with Gasteiger partial charge in [-0.2, -0.15) is 0 Å². The van der Waals surface area contributed by atoms with Crippen molar-refractivity contribution in [3.63, 3.8) is 0 Å². The number of rotatable bonds is 7. The van der Waals surface area contributed by atoms with Crippen LogP contribution in [-0.2, 0) is 9.53 Å².